The van der Waals surface area contributed by atoms with Crippen molar-refractivity contribution in [2.45, 2.75) is 102 Å². The van der Waals surface area contributed by atoms with E-state index in [0.717, 1.165) is 6.39 Å². The molecule has 1 aliphatic heterocycles. The van der Waals surface area contributed by atoms with Gasteiger partial charge >= 0.3 is 6.09 Å². The van der Waals surface area contributed by atoms with E-state index in [0.29, 0.717) is 24.1 Å². The lowest BCUT2D eigenvalue weighted by molar-refractivity contribution is -0.815. The molecule has 0 radical (unpaired) electrons. The third-order valence-electron chi connectivity index (χ3n) is 9.85. The molecule has 6 atom stereocenters. The molecular weight excluding hydrogens is 825 g/mol. The zero-order valence-corrected chi connectivity index (χ0v) is 35.6. The maximum atomic E-state index is 13.8. The molecule has 0 spiro atoms. The number of nitrogens with two attached hydrogens (primary N) is 2. The van der Waals surface area contributed by atoms with E-state index in [2.05, 4.69) is 52.2 Å². The van der Waals surface area contributed by atoms with Crippen molar-refractivity contribution in [2.75, 3.05) is 27.2 Å². The number of hydrogen-bond acceptors (Lipinski definition) is 15. The van der Waals surface area contributed by atoms with Gasteiger partial charge < -0.3 is 57.6 Å². The predicted octanol–water partition coefficient (Wildman–Crippen LogP) is -2.33. The molecule has 0 unspecified atom stereocenters. The van der Waals surface area contributed by atoms with Gasteiger partial charge in [-0.15, -0.1) is 5.10 Å². The summed E-state index contributed by atoms with van der Waals surface area (Å²) in [6, 6.07) is 2.10. The summed E-state index contributed by atoms with van der Waals surface area (Å²) in [5.74, 6) is -4.47. The molecule has 0 aliphatic carbocycles. The fraction of sp³-hybridized carbons (Fsp3) is 0.513. The number of fused-ring (bicyclic) bond motifs is 2. The van der Waals surface area contributed by atoms with Gasteiger partial charge in [0.15, 0.2) is 6.39 Å². The lowest BCUT2D eigenvalue weighted by atomic mass is 10.1. The monoisotopic (exact) mass is 881 g/mol. The van der Waals surface area contributed by atoms with Crippen LogP contribution in [0.3, 0.4) is 0 Å². The first-order chi connectivity index (χ1) is 29.9. The minimum absolute atomic E-state index is 0.0183. The number of hydrogen-bond donors (Lipinski definition) is 9. The standard InChI is InChI=1S/C39H56N14O10/c1-23-33(56)47-28(34(57)46-27(32(40)55)13-8-9-15-43-36(59)30-17-42-22-63-30)14-10-16-44-38(41)53(3,4)20-26-18-52(51-50-26)19-29(35(58)49-31(24(2)54)37(60)45-23)48-39(61)62-21-25-11-6-5-7-12-25/h5-7,11-12,17-18,22-24,27-29,31,54H,8-10,13-16,19-21H2,1-4H3,(H9-,40,41,43,44,45,46,47,48,49,55,56,57,58,59,60,61)/p+1/t23-,24-,27-,28+,29-,31-/m0/s1. The summed E-state index contributed by atoms with van der Waals surface area (Å²) in [5, 5.41) is 34.2. The SMILES string of the molecule is C[C@@H]1NC(=O)[C@H]([C@H](C)O)NC(=O)[C@@H](NC(=O)OCc2ccccc2)Cn2cc(nn2)C[N+](C)(C)C(N)=NCCC[C@H](C(=O)N[C@@H](CCCCNC(=O)c2cnco2)C(N)=O)NC1=O. The van der Waals surface area contributed by atoms with Crippen LogP contribution in [-0.4, -0.2) is 141 Å². The first kappa shape index (κ1) is 48.7. The van der Waals surface area contributed by atoms with Crippen molar-refractivity contribution >= 4 is 47.5 Å². The highest BCUT2D eigenvalue weighted by atomic mass is 16.5. The number of aliphatic hydroxyl groups excluding tert-OH is 1. The molecule has 1 aromatic carbocycles. The van der Waals surface area contributed by atoms with E-state index >= 15 is 0 Å². The van der Waals surface area contributed by atoms with Crippen LogP contribution in [0.4, 0.5) is 4.79 Å². The quantitative estimate of drug-likeness (QED) is 0.0643. The molecule has 0 saturated carbocycles. The summed E-state index contributed by atoms with van der Waals surface area (Å²) in [6.45, 7) is 2.76. The topological polar surface area (TPSA) is 342 Å². The summed E-state index contributed by atoms with van der Waals surface area (Å²) in [4.78, 5) is 100. The van der Waals surface area contributed by atoms with E-state index in [-0.39, 0.29) is 68.3 Å². The van der Waals surface area contributed by atoms with E-state index in [1.165, 1.54) is 24.7 Å². The molecule has 342 valence electrons. The molecule has 4 rings (SSSR count). The molecule has 63 heavy (non-hydrogen) atoms. The van der Waals surface area contributed by atoms with Gasteiger partial charge in [0.2, 0.25) is 35.3 Å². The van der Waals surface area contributed by atoms with Gasteiger partial charge in [-0.3, -0.25) is 33.3 Å². The van der Waals surface area contributed by atoms with E-state index < -0.39 is 77.8 Å². The van der Waals surface area contributed by atoms with Crippen molar-refractivity contribution in [2.24, 2.45) is 16.5 Å². The van der Waals surface area contributed by atoms with Gasteiger partial charge in [-0.1, -0.05) is 35.5 Å². The van der Waals surface area contributed by atoms with Gasteiger partial charge in [-0.05, 0) is 51.5 Å². The van der Waals surface area contributed by atoms with E-state index in [4.69, 9.17) is 20.6 Å². The fourth-order valence-corrected chi connectivity index (χ4v) is 6.20. The average Bonchev–Trinajstić information content (AvgIpc) is 3.94. The summed E-state index contributed by atoms with van der Waals surface area (Å²) >= 11 is 0. The van der Waals surface area contributed by atoms with Crippen LogP contribution in [0, 0.1) is 0 Å². The third-order valence-corrected chi connectivity index (χ3v) is 9.85. The van der Waals surface area contributed by atoms with Crippen molar-refractivity contribution in [3.05, 3.63) is 66.1 Å². The number of unbranched alkanes of at least 4 members (excludes halogenated alkanes) is 1. The number of benzene rings is 1. The molecule has 24 heteroatoms. The lowest BCUT2D eigenvalue weighted by Crippen LogP contribution is -2.60. The second kappa shape index (κ2) is 23.3. The number of carbonyl (C=O) groups is 7. The van der Waals surface area contributed by atoms with Crippen LogP contribution in [0.25, 0.3) is 0 Å². The maximum absolute atomic E-state index is 13.8. The minimum Gasteiger partial charge on any atom is -0.445 e. The van der Waals surface area contributed by atoms with Crippen molar-refractivity contribution in [1.82, 2.24) is 51.9 Å². The summed E-state index contributed by atoms with van der Waals surface area (Å²) in [6.07, 6.45) is 2.67. The van der Waals surface area contributed by atoms with Crippen LogP contribution >= 0.6 is 0 Å². The number of amides is 7. The number of primary amides is 1. The molecule has 11 N–H and O–H groups in total. The highest BCUT2D eigenvalue weighted by molar-refractivity contribution is 5.96. The first-order valence-corrected chi connectivity index (χ1v) is 20.3. The number of rotatable bonds is 13. The van der Waals surface area contributed by atoms with E-state index in [1.54, 1.807) is 50.6 Å². The Bertz CT molecular complexity index is 2060. The maximum Gasteiger partial charge on any atom is 0.408 e. The molecule has 2 aromatic heterocycles. The van der Waals surface area contributed by atoms with Crippen LogP contribution < -0.4 is 43.4 Å². The smallest absolute Gasteiger partial charge is 0.408 e. The fourth-order valence-electron chi connectivity index (χ4n) is 6.20. The number of carbonyl (C=O) groups excluding carboxylic acids is 7. The Kier molecular flexibility index (Phi) is 18.0. The minimum atomic E-state index is -1.62. The summed E-state index contributed by atoms with van der Waals surface area (Å²) in [5.41, 5.74) is 13.2. The second-order valence-corrected chi connectivity index (χ2v) is 15.5. The van der Waals surface area contributed by atoms with Gasteiger partial charge in [0.1, 0.15) is 49.1 Å². The largest absolute Gasteiger partial charge is 0.445 e. The Morgan fingerprint density at radius 3 is 2.49 bits per heavy atom. The average molecular weight is 882 g/mol. The third kappa shape index (κ3) is 15.5. The number of oxazole rings is 1. The number of guanidine groups is 1. The number of nitrogens with one attached hydrogen (secondary N) is 6. The number of alkyl carbamates (subject to hydrolysis) is 1. The highest BCUT2D eigenvalue weighted by Gasteiger charge is 2.34. The number of aliphatic imine (C=N–C) groups is 1. The molecule has 24 nitrogen and oxygen atoms in total. The van der Waals surface area contributed by atoms with Gasteiger partial charge in [0.25, 0.3) is 11.9 Å². The van der Waals surface area contributed by atoms with Gasteiger partial charge in [-0.25, -0.2) is 19.5 Å². The van der Waals surface area contributed by atoms with Gasteiger partial charge in [0, 0.05) is 13.1 Å². The molecular formula is C39H57N14O10+. The number of nitrogens with zero attached hydrogens (tertiary/aromatic N) is 6. The Labute approximate surface area is 362 Å². The number of quaternary nitrogens is 1. The number of aliphatic hydroxyl groups is 1. The van der Waals surface area contributed by atoms with E-state index in [9.17, 15) is 38.7 Å². The van der Waals surface area contributed by atoms with Crippen molar-refractivity contribution in [3.63, 3.8) is 0 Å². The predicted molar refractivity (Wildman–Crippen MR) is 222 cm³/mol. The second-order valence-electron chi connectivity index (χ2n) is 15.5. The Morgan fingerprint density at radius 2 is 1.81 bits per heavy atom. The number of aromatic nitrogens is 4. The molecule has 1 aliphatic rings. The van der Waals surface area contributed by atoms with Crippen LogP contribution in [0.2, 0.25) is 0 Å². The molecule has 2 bridgehead atoms. The zero-order valence-electron chi connectivity index (χ0n) is 35.6. The Morgan fingerprint density at radius 1 is 1.06 bits per heavy atom. The van der Waals surface area contributed by atoms with E-state index in [1.807, 2.05) is 0 Å². The molecule has 7 amide bonds. The van der Waals surface area contributed by atoms with Gasteiger partial charge in [0.05, 0.1) is 39.1 Å². The van der Waals surface area contributed by atoms with Crippen LogP contribution in [0.15, 0.2) is 58.5 Å². The Hall–Kier alpha value is -6.95. The lowest BCUT2D eigenvalue weighted by Gasteiger charge is -2.27. The Balaban J connectivity index is 1.51. The molecule has 3 heterocycles. The summed E-state index contributed by atoms with van der Waals surface area (Å²) in [7, 11) is 3.56. The van der Waals surface area contributed by atoms with Crippen LogP contribution in [0.1, 0.15) is 67.8 Å². The van der Waals surface area contributed by atoms with Crippen molar-refractivity contribution < 1.29 is 52.3 Å². The normalized spacial score (nSPS) is 21.1. The van der Waals surface area contributed by atoms with Crippen LogP contribution in [-0.2, 0) is 48.4 Å². The van der Waals surface area contributed by atoms with Gasteiger partial charge in [-0.2, -0.15) is 0 Å². The highest BCUT2D eigenvalue weighted by Crippen LogP contribution is 2.10. The molecule has 0 saturated heterocycles. The van der Waals surface area contributed by atoms with Crippen molar-refractivity contribution in [1.29, 1.82) is 0 Å². The number of ether oxygens (including phenoxy) is 1. The zero-order chi connectivity index (χ0) is 46.1. The summed E-state index contributed by atoms with van der Waals surface area (Å²) < 4.78 is 11.6. The first-order valence-electron chi connectivity index (χ1n) is 20.3. The van der Waals surface area contributed by atoms with Crippen LogP contribution in [0.5, 0.6) is 0 Å². The molecule has 3 aromatic rings. The van der Waals surface area contributed by atoms with Crippen molar-refractivity contribution in [3.8, 4) is 0 Å². The molecule has 0 fully saturated rings.